The molecule has 0 unspecified atom stereocenters. The molecule has 10 heteroatoms. The molecule has 2 atom stereocenters. The molecule has 2 aliphatic rings. The molecule has 6 rings (SSSR count). The summed E-state index contributed by atoms with van der Waals surface area (Å²) in [5.41, 5.74) is 2.93. The van der Waals surface area contributed by atoms with Gasteiger partial charge in [0.1, 0.15) is 17.8 Å². The van der Waals surface area contributed by atoms with Crippen molar-refractivity contribution in [1.29, 1.82) is 0 Å². The highest BCUT2D eigenvalue weighted by Gasteiger charge is 2.44. The number of carbonyl (C=O) groups is 2. The highest BCUT2D eigenvalue weighted by Crippen LogP contribution is 2.45. The van der Waals surface area contributed by atoms with Crippen molar-refractivity contribution in [3.05, 3.63) is 107 Å². The Balaban J connectivity index is 1.30. The SMILES string of the molecule is C#Cc1cccc(C2(NC[C@@H](O)[C@@H]3Cc4cc(F)cc(c4)OCCCCNC(=O)c4cc(cc(-c5ncco5)c4)C(=O)N3)CC2)c1. The van der Waals surface area contributed by atoms with Gasteiger partial charge in [0.15, 0.2) is 0 Å². The number of benzene rings is 3. The van der Waals surface area contributed by atoms with E-state index in [0.717, 1.165) is 24.0 Å². The average molecular weight is 623 g/mol. The Morgan fingerprint density at radius 3 is 2.63 bits per heavy atom. The Morgan fingerprint density at radius 1 is 1.07 bits per heavy atom. The molecule has 0 spiro atoms. The summed E-state index contributed by atoms with van der Waals surface area (Å²) in [5.74, 6) is 1.92. The Bertz CT molecular complexity index is 1760. The molecular formula is C36H35FN4O5. The molecule has 236 valence electrons. The number of terminal acetylenes is 1. The van der Waals surface area contributed by atoms with Crippen LogP contribution in [-0.4, -0.2) is 53.7 Å². The number of nitrogens with one attached hydrogen (secondary N) is 3. The summed E-state index contributed by atoms with van der Waals surface area (Å²) in [6, 6.07) is 16.0. The van der Waals surface area contributed by atoms with Gasteiger partial charge < -0.3 is 30.2 Å². The molecule has 2 heterocycles. The number of ether oxygens (including phenoxy) is 1. The van der Waals surface area contributed by atoms with Crippen LogP contribution in [0.1, 0.15) is 63.1 Å². The van der Waals surface area contributed by atoms with Crippen molar-refractivity contribution in [2.75, 3.05) is 19.7 Å². The summed E-state index contributed by atoms with van der Waals surface area (Å²) in [5, 5.41) is 20.9. The van der Waals surface area contributed by atoms with E-state index in [1.807, 2.05) is 24.3 Å². The Kier molecular flexibility index (Phi) is 9.15. The fraction of sp³-hybridized carbons (Fsp3) is 0.306. The first-order valence-electron chi connectivity index (χ1n) is 15.4. The fourth-order valence-corrected chi connectivity index (χ4v) is 5.75. The summed E-state index contributed by atoms with van der Waals surface area (Å²) in [4.78, 5) is 31.1. The summed E-state index contributed by atoms with van der Waals surface area (Å²) >= 11 is 0. The van der Waals surface area contributed by atoms with E-state index in [-0.39, 0.29) is 41.4 Å². The molecule has 4 aromatic rings. The fourth-order valence-electron chi connectivity index (χ4n) is 5.75. The molecule has 9 nitrogen and oxygen atoms in total. The number of aliphatic hydroxyl groups excluding tert-OH is 1. The van der Waals surface area contributed by atoms with E-state index in [0.29, 0.717) is 42.9 Å². The predicted octanol–water partition coefficient (Wildman–Crippen LogP) is 4.35. The molecule has 1 aliphatic carbocycles. The summed E-state index contributed by atoms with van der Waals surface area (Å²) in [6.07, 6.45) is 10.6. The van der Waals surface area contributed by atoms with Gasteiger partial charge in [-0.05, 0) is 85.7 Å². The lowest BCUT2D eigenvalue weighted by atomic mass is 9.98. The number of fused-ring (bicyclic) bond motifs is 4. The van der Waals surface area contributed by atoms with E-state index in [1.54, 1.807) is 18.2 Å². The van der Waals surface area contributed by atoms with E-state index >= 15 is 0 Å². The molecule has 3 aromatic carbocycles. The van der Waals surface area contributed by atoms with Crippen molar-refractivity contribution >= 4 is 11.8 Å². The molecule has 4 N–H and O–H groups in total. The molecule has 0 radical (unpaired) electrons. The summed E-state index contributed by atoms with van der Waals surface area (Å²) in [7, 11) is 0. The van der Waals surface area contributed by atoms with Crippen LogP contribution in [0.5, 0.6) is 5.75 Å². The second-order valence-electron chi connectivity index (χ2n) is 11.8. The maximum atomic E-state index is 14.7. The van der Waals surface area contributed by atoms with Crippen molar-refractivity contribution in [2.24, 2.45) is 0 Å². The number of nitrogens with zero attached hydrogens (tertiary/aromatic N) is 1. The summed E-state index contributed by atoms with van der Waals surface area (Å²) in [6.45, 7) is 0.864. The number of rotatable bonds is 6. The topological polar surface area (TPSA) is 126 Å². The zero-order valence-corrected chi connectivity index (χ0v) is 25.2. The molecule has 1 aliphatic heterocycles. The third kappa shape index (κ3) is 7.28. The number of aromatic nitrogens is 1. The lowest BCUT2D eigenvalue weighted by molar-refractivity contribution is 0.0822. The molecule has 1 saturated carbocycles. The quantitative estimate of drug-likeness (QED) is 0.236. The lowest BCUT2D eigenvalue weighted by Crippen LogP contribution is -2.50. The van der Waals surface area contributed by atoms with Gasteiger partial charge in [-0.25, -0.2) is 9.37 Å². The molecule has 1 aromatic heterocycles. The van der Waals surface area contributed by atoms with Gasteiger partial charge in [0.25, 0.3) is 11.8 Å². The van der Waals surface area contributed by atoms with E-state index in [2.05, 4.69) is 26.9 Å². The first kappa shape index (κ1) is 31.0. The van der Waals surface area contributed by atoms with Crippen molar-refractivity contribution in [3.8, 4) is 29.5 Å². The maximum Gasteiger partial charge on any atom is 0.251 e. The molecular weight excluding hydrogens is 587 g/mol. The minimum atomic E-state index is -1.07. The third-order valence-corrected chi connectivity index (χ3v) is 8.41. The second-order valence-corrected chi connectivity index (χ2v) is 11.8. The van der Waals surface area contributed by atoms with Crippen LogP contribution in [0.3, 0.4) is 0 Å². The van der Waals surface area contributed by atoms with E-state index < -0.39 is 23.9 Å². The van der Waals surface area contributed by atoms with Gasteiger partial charge in [-0.2, -0.15) is 0 Å². The third-order valence-electron chi connectivity index (χ3n) is 8.41. The first-order valence-corrected chi connectivity index (χ1v) is 15.4. The van der Waals surface area contributed by atoms with Crippen molar-refractivity contribution in [2.45, 2.75) is 49.8 Å². The largest absolute Gasteiger partial charge is 0.493 e. The van der Waals surface area contributed by atoms with Crippen LogP contribution >= 0.6 is 0 Å². The van der Waals surface area contributed by atoms with Crippen molar-refractivity contribution in [3.63, 3.8) is 0 Å². The molecule has 1 fully saturated rings. The van der Waals surface area contributed by atoms with E-state index in [9.17, 15) is 19.1 Å². The highest BCUT2D eigenvalue weighted by molar-refractivity contribution is 6.01. The molecule has 0 saturated heterocycles. The van der Waals surface area contributed by atoms with Gasteiger partial charge in [-0.3, -0.25) is 9.59 Å². The van der Waals surface area contributed by atoms with Crippen LogP contribution in [0, 0.1) is 18.2 Å². The van der Waals surface area contributed by atoms with Gasteiger partial charge in [0.2, 0.25) is 5.89 Å². The molecule has 2 amide bonds. The van der Waals surface area contributed by atoms with Crippen LogP contribution in [0.4, 0.5) is 4.39 Å². The van der Waals surface area contributed by atoms with Gasteiger partial charge in [0, 0.05) is 46.9 Å². The van der Waals surface area contributed by atoms with Crippen LogP contribution in [0.15, 0.2) is 77.5 Å². The predicted molar refractivity (Wildman–Crippen MR) is 170 cm³/mol. The first-order chi connectivity index (χ1) is 22.3. The molecule has 46 heavy (non-hydrogen) atoms. The van der Waals surface area contributed by atoms with Gasteiger partial charge >= 0.3 is 0 Å². The normalized spacial score (nSPS) is 18.7. The van der Waals surface area contributed by atoms with Crippen LogP contribution in [-0.2, 0) is 12.0 Å². The van der Waals surface area contributed by atoms with Crippen molar-refractivity contribution < 1.29 is 28.2 Å². The van der Waals surface area contributed by atoms with Gasteiger partial charge in [-0.1, -0.05) is 18.1 Å². The lowest BCUT2D eigenvalue weighted by Gasteiger charge is -2.27. The Morgan fingerprint density at radius 2 is 1.87 bits per heavy atom. The van der Waals surface area contributed by atoms with E-state index in [4.69, 9.17) is 15.6 Å². The number of hydrogen-bond donors (Lipinski definition) is 4. The Hall–Kier alpha value is -4.98. The average Bonchev–Trinajstić information content (AvgIpc) is 3.65. The van der Waals surface area contributed by atoms with Gasteiger partial charge in [-0.15, -0.1) is 6.42 Å². The van der Waals surface area contributed by atoms with Crippen LogP contribution < -0.4 is 20.7 Å². The smallest absolute Gasteiger partial charge is 0.251 e. The minimum absolute atomic E-state index is 0.120. The zero-order valence-electron chi connectivity index (χ0n) is 25.2. The second kappa shape index (κ2) is 13.6. The Labute approximate surface area is 266 Å². The van der Waals surface area contributed by atoms with Crippen LogP contribution in [0.25, 0.3) is 11.5 Å². The zero-order chi connectivity index (χ0) is 32.1. The maximum absolute atomic E-state index is 14.7. The number of halogens is 1. The number of hydrogen-bond acceptors (Lipinski definition) is 7. The number of oxazole rings is 1. The minimum Gasteiger partial charge on any atom is -0.493 e. The van der Waals surface area contributed by atoms with Crippen LogP contribution in [0.2, 0.25) is 0 Å². The van der Waals surface area contributed by atoms with Crippen molar-refractivity contribution in [1.82, 2.24) is 20.9 Å². The molecule has 4 bridgehead atoms. The standard InChI is InChI=1S/C36H35FN4O5/c1-2-23-6-5-7-28(14-23)36(8-9-36)40-22-32(42)31-17-24-15-29(37)21-30(16-24)45-12-4-3-10-38-33(43)25-18-26(34(44)41-31)20-27(19-25)35-39-11-13-46-35/h1,5-7,11,13-16,18-21,31-32,40,42H,3-4,8-10,12,17,22H2,(H,38,43)(H,41,44)/t31-,32+/m0/s1. The number of aliphatic hydroxyl groups is 1. The summed E-state index contributed by atoms with van der Waals surface area (Å²) < 4.78 is 26.0. The number of carbonyl (C=O) groups excluding carboxylic acids is 2. The van der Waals surface area contributed by atoms with E-state index in [1.165, 1.54) is 30.7 Å². The highest BCUT2D eigenvalue weighted by atomic mass is 19.1. The monoisotopic (exact) mass is 622 g/mol. The number of amides is 2. The van der Waals surface area contributed by atoms with Gasteiger partial charge in [0.05, 0.1) is 24.9 Å².